The van der Waals surface area contributed by atoms with Crippen LogP contribution in [-0.4, -0.2) is 102 Å². The van der Waals surface area contributed by atoms with Crippen LogP contribution in [0, 0.1) is 0 Å². The Morgan fingerprint density at radius 1 is 0.842 bits per heavy atom. The lowest BCUT2D eigenvalue weighted by atomic mass is 9.81. The van der Waals surface area contributed by atoms with Gasteiger partial charge in [0.1, 0.15) is 6.54 Å². The van der Waals surface area contributed by atoms with E-state index in [0.717, 1.165) is 51.7 Å². The van der Waals surface area contributed by atoms with Crippen LogP contribution >= 0.6 is 11.8 Å². The van der Waals surface area contributed by atoms with Gasteiger partial charge in [-0.1, -0.05) is 62.4 Å². The van der Waals surface area contributed by atoms with Crippen molar-refractivity contribution in [3.05, 3.63) is 106 Å². The molecule has 11 nitrogen and oxygen atoms in total. The molecule has 57 heavy (non-hydrogen) atoms. The number of unbranched alkanes of at least 4 members (excludes halogenated alkanes) is 2. The van der Waals surface area contributed by atoms with Crippen molar-refractivity contribution in [2.24, 2.45) is 0 Å². The van der Waals surface area contributed by atoms with Crippen LogP contribution in [0.4, 0.5) is 11.4 Å². The first-order valence-electron chi connectivity index (χ1n) is 19.7. The van der Waals surface area contributed by atoms with Gasteiger partial charge in [-0.25, -0.2) is 0 Å². The summed E-state index contributed by atoms with van der Waals surface area (Å²) in [7, 11) is -5.94. The number of allylic oxidation sites excluding steroid dienone is 4. The van der Waals surface area contributed by atoms with Crippen molar-refractivity contribution in [3.8, 4) is 0 Å². The molecule has 2 bridgehead atoms. The predicted molar refractivity (Wildman–Crippen MR) is 229 cm³/mol. The molecule has 0 aromatic heterocycles. The fourth-order valence-corrected chi connectivity index (χ4v) is 11.5. The summed E-state index contributed by atoms with van der Waals surface area (Å²) in [5.74, 6) is -0.986. The number of para-hydroxylation sites is 2. The number of likely N-dealkylation sites (N-methyl/N-ethyl adjacent to an activating group) is 1. The number of fused-ring (bicyclic) bond motifs is 4. The molecule has 1 fully saturated rings. The maximum absolute atomic E-state index is 11.8. The van der Waals surface area contributed by atoms with Crippen molar-refractivity contribution in [1.82, 2.24) is 4.90 Å². The van der Waals surface area contributed by atoms with Gasteiger partial charge in [-0.2, -0.15) is 21.4 Å². The first-order chi connectivity index (χ1) is 26.8. The van der Waals surface area contributed by atoms with Crippen molar-refractivity contribution in [3.63, 3.8) is 0 Å². The Labute approximate surface area is 342 Å². The van der Waals surface area contributed by atoms with Crippen LogP contribution in [-0.2, 0) is 35.9 Å². The summed E-state index contributed by atoms with van der Waals surface area (Å²) in [6.07, 6.45) is 12.6. The zero-order valence-electron chi connectivity index (χ0n) is 33.5. The lowest BCUT2D eigenvalue weighted by Crippen LogP contribution is -2.39. The number of benzene rings is 2. The molecule has 4 aliphatic rings. The third-order valence-electron chi connectivity index (χ3n) is 12.0. The number of thioether (sulfide) groups is 1. The first kappa shape index (κ1) is 43.1. The second-order valence-electron chi connectivity index (χ2n) is 16.5. The van der Waals surface area contributed by atoms with Crippen LogP contribution in [0.25, 0.3) is 0 Å². The molecule has 3 N–H and O–H groups in total. The largest absolute Gasteiger partial charge is 0.481 e. The highest BCUT2D eigenvalue weighted by Gasteiger charge is 2.46. The SMILES string of the molecule is CN1C2CCC1C(C=CC1=[N+](CCCCS(=O)(=O)O)c3ccccc3C1(C)C)=C(SCCC(=O)O)C2=CC=C1N(CCCCS(=O)(=O)O)c2ccccc2C1(C)C. The molecule has 14 heteroatoms. The smallest absolute Gasteiger partial charge is 0.304 e. The number of anilines is 1. The molecule has 308 valence electrons. The van der Waals surface area contributed by atoms with Crippen LogP contribution in [0.3, 0.4) is 0 Å². The second kappa shape index (κ2) is 17.0. The van der Waals surface area contributed by atoms with Crippen LogP contribution in [0.2, 0.25) is 0 Å². The second-order valence-corrected chi connectivity index (χ2v) is 20.8. The molecular formula is C43H56N3O8S3+. The van der Waals surface area contributed by atoms with Crippen molar-refractivity contribution in [2.45, 2.75) is 95.6 Å². The number of carboxylic acids is 1. The van der Waals surface area contributed by atoms with Gasteiger partial charge >= 0.3 is 5.97 Å². The molecule has 0 saturated carbocycles. The van der Waals surface area contributed by atoms with Gasteiger partial charge in [-0.15, -0.1) is 11.8 Å². The Kier molecular flexibility index (Phi) is 12.8. The molecule has 0 aliphatic carbocycles. The molecule has 0 spiro atoms. The molecule has 1 saturated heterocycles. The number of hydrogen-bond donors (Lipinski definition) is 3. The van der Waals surface area contributed by atoms with Gasteiger partial charge in [-0.3, -0.25) is 18.8 Å². The standard InChI is InChI=1S/C43H55N3O8S3/c1-42(2)32-14-6-8-16-36(32)45(25-10-12-28-56(49,50)51)38(42)22-18-30-34-20-21-35(44(34)5)31(41(30)55-27-24-40(47)48)19-23-39-43(3,4)33-15-7-9-17-37(33)46(39)26-11-13-29-57(52,53)54/h6-9,14-19,22-23,34-35H,10-13,20-21,24-29H2,1-5H3,(H2-,47,48,49,50,51,52,53,54)/p+1. The van der Waals surface area contributed by atoms with Gasteiger partial charge in [0.25, 0.3) is 20.2 Å². The molecule has 4 aliphatic heterocycles. The van der Waals surface area contributed by atoms with E-state index >= 15 is 0 Å². The van der Waals surface area contributed by atoms with Crippen LogP contribution in [0.15, 0.2) is 94.6 Å². The average molecular weight is 839 g/mol. The topological polar surface area (TPSA) is 156 Å². The summed E-state index contributed by atoms with van der Waals surface area (Å²) in [5, 5.41) is 9.65. The Morgan fingerprint density at radius 2 is 1.47 bits per heavy atom. The Morgan fingerprint density at radius 3 is 2.16 bits per heavy atom. The van der Waals surface area contributed by atoms with Crippen molar-refractivity contribution in [2.75, 3.05) is 42.3 Å². The highest BCUT2D eigenvalue weighted by molar-refractivity contribution is 8.03. The minimum absolute atomic E-state index is 0.0292. The quantitative estimate of drug-likeness (QED) is 0.0824. The number of carboxylic acid groups (broad SMARTS) is 1. The summed E-state index contributed by atoms with van der Waals surface area (Å²) in [6, 6.07) is 16.8. The molecule has 2 unspecified atom stereocenters. The molecule has 2 aromatic rings. The molecule has 2 aromatic carbocycles. The van der Waals surface area contributed by atoms with E-state index < -0.39 is 26.2 Å². The van der Waals surface area contributed by atoms with Crippen LogP contribution < -0.4 is 4.90 Å². The van der Waals surface area contributed by atoms with Gasteiger partial charge in [-0.05, 0) is 81.9 Å². The van der Waals surface area contributed by atoms with E-state index in [1.807, 2.05) is 24.3 Å². The zero-order valence-corrected chi connectivity index (χ0v) is 36.0. The van der Waals surface area contributed by atoms with E-state index in [1.165, 1.54) is 11.1 Å². The van der Waals surface area contributed by atoms with E-state index in [2.05, 4.69) is 97.7 Å². The molecule has 4 heterocycles. The number of carbonyl (C=O) groups is 1. The van der Waals surface area contributed by atoms with Gasteiger partial charge in [0, 0.05) is 70.2 Å². The average Bonchev–Trinajstić information content (AvgIpc) is 3.63. The summed E-state index contributed by atoms with van der Waals surface area (Å²) < 4.78 is 66.9. The van der Waals surface area contributed by atoms with E-state index in [0.29, 0.717) is 44.5 Å². The van der Waals surface area contributed by atoms with Crippen LogP contribution in [0.5, 0.6) is 0 Å². The monoisotopic (exact) mass is 838 g/mol. The van der Waals surface area contributed by atoms with E-state index in [-0.39, 0.29) is 40.8 Å². The van der Waals surface area contributed by atoms with Crippen molar-refractivity contribution < 1.29 is 40.4 Å². The summed E-state index contributed by atoms with van der Waals surface area (Å²) in [6.45, 7) is 9.98. The molecule has 0 amide bonds. The third kappa shape index (κ3) is 9.36. The van der Waals surface area contributed by atoms with Crippen LogP contribution in [0.1, 0.15) is 83.8 Å². The number of aliphatic carboxylic acids is 1. The highest BCUT2D eigenvalue weighted by Crippen LogP contribution is 2.50. The number of nitrogens with zero attached hydrogens (tertiary/aromatic N) is 3. The summed E-state index contributed by atoms with van der Waals surface area (Å²) in [5.41, 5.74) is 8.30. The van der Waals surface area contributed by atoms with Gasteiger partial charge in [0.15, 0.2) is 5.71 Å². The fraction of sp³-hybridized carbons (Fsp3) is 0.488. The minimum Gasteiger partial charge on any atom is -0.481 e. The first-order valence-corrected chi connectivity index (χ1v) is 23.9. The predicted octanol–water partition coefficient (Wildman–Crippen LogP) is 7.50. The normalized spacial score (nSPS) is 23.0. The summed E-state index contributed by atoms with van der Waals surface area (Å²) >= 11 is 1.60. The zero-order chi connectivity index (χ0) is 41.3. The number of rotatable bonds is 17. The Hall–Kier alpha value is -3.53. The molecule has 6 rings (SSSR count). The van der Waals surface area contributed by atoms with Gasteiger partial charge in [0.2, 0.25) is 5.69 Å². The highest BCUT2D eigenvalue weighted by atomic mass is 32.2. The Bertz CT molecular complexity index is 2270. The summed E-state index contributed by atoms with van der Waals surface area (Å²) in [4.78, 5) is 17.6. The van der Waals surface area contributed by atoms with Crippen molar-refractivity contribution >= 4 is 55.1 Å². The maximum Gasteiger partial charge on any atom is 0.304 e. The van der Waals surface area contributed by atoms with Crippen molar-refractivity contribution in [1.29, 1.82) is 0 Å². The van der Waals surface area contributed by atoms with E-state index in [4.69, 9.17) is 0 Å². The lowest BCUT2D eigenvalue weighted by Gasteiger charge is -2.36. The fourth-order valence-electron chi connectivity index (χ4n) is 9.15. The van der Waals surface area contributed by atoms with E-state index in [1.54, 1.807) is 11.8 Å². The van der Waals surface area contributed by atoms with E-state index in [9.17, 15) is 35.8 Å². The molecule has 2 atom stereocenters. The lowest BCUT2D eigenvalue weighted by molar-refractivity contribution is -0.438. The van der Waals surface area contributed by atoms with Gasteiger partial charge < -0.3 is 10.0 Å². The molecule has 0 radical (unpaired) electrons. The maximum atomic E-state index is 11.8. The minimum atomic E-state index is -4.05. The van der Waals surface area contributed by atoms with Gasteiger partial charge in [0.05, 0.1) is 23.3 Å². The molecular weight excluding hydrogens is 783 g/mol. The number of hydrogen-bond acceptors (Lipinski definition) is 8. The third-order valence-corrected chi connectivity index (χ3v) is 14.8. The Balaban J connectivity index is 1.43.